The Bertz CT molecular complexity index is 869. The number of amides is 1. The third-order valence-corrected chi connectivity index (χ3v) is 5.38. The lowest BCUT2D eigenvalue weighted by molar-refractivity contribution is -0.121. The summed E-state index contributed by atoms with van der Waals surface area (Å²) in [5, 5.41) is 3.37. The quantitative estimate of drug-likeness (QED) is 0.748. The third kappa shape index (κ3) is 6.78. The molecule has 0 bridgehead atoms. The lowest BCUT2D eigenvalue weighted by atomic mass is 10.1. The Hall–Kier alpha value is -1.89. The minimum Gasteiger partial charge on any atom is -0.351 e. The van der Waals surface area contributed by atoms with Gasteiger partial charge in [-0.1, -0.05) is 53.6 Å². The van der Waals surface area contributed by atoms with E-state index in [0.717, 1.165) is 22.9 Å². The average molecular weight is 395 g/mol. The number of hydrogen-bond donors (Lipinski definition) is 1. The van der Waals surface area contributed by atoms with Crippen LogP contribution in [0.4, 0.5) is 0 Å². The van der Waals surface area contributed by atoms with E-state index in [0.29, 0.717) is 18.0 Å². The highest BCUT2D eigenvalue weighted by Gasteiger charge is 2.19. The highest BCUT2D eigenvalue weighted by molar-refractivity contribution is 7.88. The van der Waals surface area contributed by atoms with Gasteiger partial charge in [-0.25, -0.2) is 8.42 Å². The molecule has 0 heterocycles. The molecule has 0 aromatic heterocycles. The molecule has 2 aromatic rings. The summed E-state index contributed by atoms with van der Waals surface area (Å²) in [5.41, 5.74) is 3.01. The molecule has 5 nitrogen and oxygen atoms in total. The van der Waals surface area contributed by atoms with E-state index < -0.39 is 10.0 Å². The molecule has 1 N–H and O–H groups in total. The topological polar surface area (TPSA) is 66.5 Å². The van der Waals surface area contributed by atoms with Crippen molar-refractivity contribution in [2.24, 2.45) is 0 Å². The van der Waals surface area contributed by atoms with Crippen LogP contribution in [-0.2, 0) is 27.8 Å². The molecule has 0 aliphatic rings. The summed E-state index contributed by atoms with van der Waals surface area (Å²) in [6.07, 6.45) is 1.59. The molecule has 140 valence electrons. The predicted molar refractivity (Wildman–Crippen MR) is 105 cm³/mol. The standard InChI is InChI=1S/C19H23ClN2O3S/c1-15-5-3-7-17(11-15)13-21-19(23)14-22(26(2,24)25)10-9-16-6-4-8-18(20)12-16/h3-8,11-12H,9-10,13-14H2,1-2H3,(H,21,23). The SMILES string of the molecule is Cc1cccc(CNC(=O)CN(CCc2cccc(Cl)c2)S(C)(=O)=O)c1. The molecule has 0 saturated heterocycles. The van der Waals surface area contributed by atoms with Crippen LogP contribution in [0.25, 0.3) is 0 Å². The van der Waals surface area contributed by atoms with Gasteiger partial charge in [0.05, 0.1) is 12.8 Å². The Morgan fingerprint density at radius 2 is 1.81 bits per heavy atom. The van der Waals surface area contributed by atoms with Crippen LogP contribution in [0.3, 0.4) is 0 Å². The van der Waals surface area contributed by atoms with Gasteiger partial charge < -0.3 is 5.32 Å². The third-order valence-electron chi connectivity index (χ3n) is 3.90. The molecule has 0 fully saturated rings. The van der Waals surface area contributed by atoms with E-state index in [1.54, 1.807) is 12.1 Å². The van der Waals surface area contributed by atoms with Crippen LogP contribution in [0.5, 0.6) is 0 Å². The molecule has 1 amide bonds. The second-order valence-corrected chi connectivity index (χ2v) is 8.66. The lowest BCUT2D eigenvalue weighted by Crippen LogP contribution is -2.41. The first-order chi connectivity index (χ1) is 12.2. The minimum absolute atomic E-state index is 0.203. The minimum atomic E-state index is -3.49. The van der Waals surface area contributed by atoms with E-state index in [4.69, 9.17) is 11.6 Å². The maximum Gasteiger partial charge on any atom is 0.235 e. The normalized spacial score (nSPS) is 11.5. The summed E-state index contributed by atoms with van der Waals surface area (Å²) in [7, 11) is -3.49. The molecule has 0 saturated carbocycles. The highest BCUT2D eigenvalue weighted by atomic mass is 35.5. The molecule has 0 aliphatic carbocycles. The van der Waals surface area contributed by atoms with Crippen molar-refractivity contribution in [3.05, 3.63) is 70.2 Å². The first kappa shape index (κ1) is 20.4. The van der Waals surface area contributed by atoms with Crippen LogP contribution in [0.2, 0.25) is 5.02 Å². The van der Waals surface area contributed by atoms with Gasteiger partial charge in [-0.3, -0.25) is 4.79 Å². The zero-order valence-electron chi connectivity index (χ0n) is 14.9. The predicted octanol–water partition coefficient (Wildman–Crippen LogP) is 2.77. The van der Waals surface area contributed by atoms with E-state index in [1.807, 2.05) is 43.3 Å². The van der Waals surface area contributed by atoms with Crippen molar-refractivity contribution in [1.82, 2.24) is 9.62 Å². The molecule has 0 aliphatic heterocycles. The van der Waals surface area contributed by atoms with Crippen LogP contribution >= 0.6 is 11.6 Å². The Morgan fingerprint density at radius 3 is 2.46 bits per heavy atom. The van der Waals surface area contributed by atoms with Crippen molar-refractivity contribution in [3.63, 3.8) is 0 Å². The van der Waals surface area contributed by atoms with Gasteiger partial charge in [0.25, 0.3) is 0 Å². The van der Waals surface area contributed by atoms with E-state index in [1.165, 1.54) is 4.31 Å². The zero-order valence-corrected chi connectivity index (χ0v) is 16.5. The van der Waals surface area contributed by atoms with Crippen molar-refractivity contribution in [3.8, 4) is 0 Å². The van der Waals surface area contributed by atoms with Crippen molar-refractivity contribution < 1.29 is 13.2 Å². The summed E-state index contributed by atoms with van der Waals surface area (Å²) in [6.45, 7) is 2.36. The number of nitrogens with zero attached hydrogens (tertiary/aromatic N) is 1. The zero-order chi connectivity index (χ0) is 19.2. The fourth-order valence-corrected chi connectivity index (χ4v) is 3.53. The Labute approximate surface area is 160 Å². The molecule has 7 heteroatoms. The van der Waals surface area contributed by atoms with Gasteiger partial charge in [0.2, 0.25) is 15.9 Å². The average Bonchev–Trinajstić information content (AvgIpc) is 2.56. The van der Waals surface area contributed by atoms with Gasteiger partial charge in [0, 0.05) is 18.1 Å². The second kappa shape index (κ2) is 9.16. The fourth-order valence-electron chi connectivity index (χ4n) is 2.55. The Balaban J connectivity index is 1.93. The Kier molecular flexibility index (Phi) is 7.20. The molecule has 2 rings (SSSR count). The number of aryl methyl sites for hydroxylation is 1. The van der Waals surface area contributed by atoms with Gasteiger partial charge in [-0.2, -0.15) is 4.31 Å². The smallest absolute Gasteiger partial charge is 0.235 e. The van der Waals surface area contributed by atoms with Crippen LogP contribution < -0.4 is 5.32 Å². The van der Waals surface area contributed by atoms with Gasteiger partial charge in [-0.05, 0) is 36.6 Å². The first-order valence-corrected chi connectivity index (χ1v) is 10.5. The largest absolute Gasteiger partial charge is 0.351 e. The van der Waals surface area contributed by atoms with Crippen molar-refractivity contribution >= 4 is 27.5 Å². The van der Waals surface area contributed by atoms with Crippen molar-refractivity contribution in [2.45, 2.75) is 19.9 Å². The van der Waals surface area contributed by atoms with Crippen molar-refractivity contribution in [2.75, 3.05) is 19.3 Å². The van der Waals surface area contributed by atoms with Crippen LogP contribution in [-0.4, -0.2) is 38.0 Å². The molecular weight excluding hydrogens is 372 g/mol. The van der Waals surface area contributed by atoms with Crippen LogP contribution in [0.15, 0.2) is 48.5 Å². The van der Waals surface area contributed by atoms with E-state index in [9.17, 15) is 13.2 Å². The van der Waals surface area contributed by atoms with Gasteiger partial charge in [-0.15, -0.1) is 0 Å². The van der Waals surface area contributed by atoms with Crippen LogP contribution in [0.1, 0.15) is 16.7 Å². The summed E-state index contributed by atoms with van der Waals surface area (Å²) >= 11 is 5.95. The van der Waals surface area contributed by atoms with Gasteiger partial charge >= 0.3 is 0 Å². The number of halogens is 1. The molecule has 0 atom stereocenters. The van der Waals surface area contributed by atoms with E-state index in [2.05, 4.69) is 5.32 Å². The highest BCUT2D eigenvalue weighted by Crippen LogP contribution is 2.12. The number of carbonyl (C=O) groups is 1. The van der Waals surface area contributed by atoms with E-state index >= 15 is 0 Å². The van der Waals surface area contributed by atoms with E-state index in [-0.39, 0.29) is 19.0 Å². The first-order valence-electron chi connectivity index (χ1n) is 8.26. The monoisotopic (exact) mass is 394 g/mol. The number of sulfonamides is 1. The molecule has 26 heavy (non-hydrogen) atoms. The molecular formula is C19H23ClN2O3S. The van der Waals surface area contributed by atoms with Gasteiger partial charge in [0.1, 0.15) is 0 Å². The lowest BCUT2D eigenvalue weighted by Gasteiger charge is -2.19. The molecule has 0 unspecified atom stereocenters. The number of carbonyl (C=O) groups excluding carboxylic acids is 1. The maximum atomic E-state index is 12.2. The summed E-state index contributed by atoms with van der Waals surface area (Å²) in [4.78, 5) is 12.2. The summed E-state index contributed by atoms with van der Waals surface area (Å²) < 4.78 is 25.2. The second-order valence-electron chi connectivity index (χ2n) is 6.24. The number of benzene rings is 2. The number of nitrogens with one attached hydrogen (secondary N) is 1. The summed E-state index contributed by atoms with van der Waals surface area (Å²) in [5.74, 6) is -0.331. The number of rotatable bonds is 8. The van der Waals surface area contributed by atoms with Crippen LogP contribution in [0, 0.1) is 6.92 Å². The van der Waals surface area contributed by atoms with Gasteiger partial charge in [0.15, 0.2) is 0 Å². The molecule has 0 radical (unpaired) electrons. The molecule has 0 spiro atoms. The Morgan fingerprint density at radius 1 is 1.12 bits per heavy atom. The fraction of sp³-hybridized carbons (Fsp3) is 0.316. The molecule has 2 aromatic carbocycles. The number of hydrogen-bond acceptors (Lipinski definition) is 3. The van der Waals surface area contributed by atoms with Crippen molar-refractivity contribution in [1.29, 1.82) is 0 Å². The summed E-state index contributed by atoms with van der Waals surface area (Å²) in [6, 6.07) is 15.0. The maximum absolute atomic E-state index is 12.2.